The standard InChI is InChI=1S/C13H19NOS/c1-9-10(2)16-13(14-9)8-11-6-4-3-5-7-12(11)15/h11H,3-8H2,1-2H3. The van der Waals surface area contributed by atoms with Gasteiger partial charge in [-0.25, -0.2) is 4.98 Å². The van der Waals surface area contributed by atoms with E-state index in [0.717, 1.165) is 36.4 Å². The second kappa shape index (κ2) is 5.09. The van der Waals surface area contributed by atoms with Gasteiger partial charge in [0.15, 0.2) is 0 Å². The molecule has 0 radical (unpaired) electrons. The van der Waals surface area contributed by atoms with Crippen LogP contribution in [-0.2, 0) is 11.2 Å². The smallest absolute Gasteiger partial charge is 0.136 e. The molecule has 1 fully saturated rings. The van der Waals surface area contributed by atoms with Crippen molar-refractivity contribution < 1.29 is 4.79 Å². The number of hydrogen-bond donors (Lipinski definition) is 0. The molecule has 0 saturated heterocycles. The lowest BCUT2D eigenvalue weighted by atomic mass is 9.96. The molecule has 0 spiro atoms. The lowest BCUT2D eigenvalue weighted by Crippen LogP contribution is -2.15. The summed E-state index contributed by atoms with van der Waals surface area (Å²) in [5.74, 6) is 0.704. The highest BCUT2D eigenvalue weighted by atomic mass is 32.1. The van der Waals surface area contributed by atoms with E-state index in [0.29, 0.717) is 5.78 Å². The maximum absolute atomic E-state index is 11.9. The molecule has 0 amide bonds. The molecule has 0 aliphatic heterocycles. The summed E-state index contributed by atoms with van der Waals surface area (Å²) < 4.78 is 0. The van der Waals surface area contributed by atoms with Crippen molar-refractivity contribution in [3.05, 3.63) is 15.6 Å². The molecule has 2 rings (SSSR count). The molecule has 2 nitrogen and oxygen atoms in total. The van der Waals surface area contributed by atoms with Crippen LogP contribution in [0, 0.1) is 19.8 Å². The predicted molar refractivity (Wildman–Crippen MR) is 66.9 cm³/mol. The first-order valence-electron chi connectivity index (χ1n) is 6.12. The number of carbonyl (C=O) groups excluding carboxylic acids is 1. The minimum Gasteiger partial charge on any atom is -0.299 e. The Morgan fingerprint density at radius 2 is 2.12 bits per heavy atom. The molecule has 0 N–H and O–H groups in total. The third kappa shape index (κ3) is 2.70. The van der Waals surface area contributed by atoms with Gasteiger partial charge in [0.25, 0.3) is 0 Å². The fourth-order valence-corrected chi connectivity index (χ4v) is 3.30. The van der Waals surface area contributed by atoms with Gasteiger partial charge < -0.3 is 0 Å². The molecular formula is C13H19NOS. The van der Waals surface area contributed by atoms with Crippen molar-refractivity contribution in [1.82, 2.24) is 4.98 Å². The highest BCUT2D eigenvalue weighted by molar-refractivity contribution is 7.11. The van der Waals surface area contributed by atoms with Crippen LogP contribution in [0.1, 0.15) is 47.7 Å². The van der Waals surface area contributed by atoms with Crippen LogP contribution < -0.4 is 0 Å². The number of nitrogens with zero attached hydrogens (tertiary/aromatic N) is 1. The first-order chi connectivity index (χ1) is 7.66. The van der Waals surface area contributed by atoms with E-state index in [4.69, 9.17) is 0 Å². The normalized spacial score (nSPS) is 22.1. The molecule has 1 aromatic rings. The van der Waals surface area contributed by atoms with Crippen LogP contribution in [0.2, 0.25) is 0 Å². The number of thiazole rings is 1. The summed E-state index contributed by atoms with van der Waals surface area (Å²) in [5, 5.41) is 1.15. The Morgan fingerprint density at radius 1 is 1.31 bits per heavy atom. The molecule has 1 saturated carbocycles. The molecule has 3 heteroatoms. The molecule has 1 atom stereocenters. The van der Waals surface area contributed by atoms with Crippen LogP contribution in [-0.4, -0.2) is 10.8 Å². The van der Waals surface area contributed by atoms with Crippen molar-refractivity contribution in [3.8, 4) is 0 Å². The number of ketones is 1. The average molecular weight is 237 g/mol. The summed E-state index contributed by atoms with van der Waals surface area (Å²) in [7, 11) is 0. The Morgan fingerprint density at radius 3 is 2.81 bits per heavy atom. The molecule has 1 unspecified atom stereocenters. The van der Waals surface area contributed by atoms with E-state index in [2.05, 4.69) is 11.9 Å². The Labute approximate surface area is 101 Å². The zero-order valence-electron chi connectivity index (χ0n) is 10.1. The number of carbonyl (C=O) groups is 1. The number of Topliss-reactive ketones (excluding diaryl/α,β-unsaturated/α-hetero) is 1. The zero-order chi connectivity index (χ0) is 11.5. The van der Waals surface area contributed by atoms with Gasteiger partial charge >= 0.3 is 0 Å². The Kier molecular flexibility index (Phi) is 3.74. The topological polar surface area (TPSA) is 30.0 Å². The van der Waals surface area contributed by atoms with Gasteiger partial charge in [-0.15, -0.1) is 11.3 Å². The van der Waals surface area contributed by atoms with Crippen LogP contribution in [0.5, 0.6) is 0 Å². The fraction of sp³-hybridized carbons (Fsp3) is 0.692. The van der Waals surface area contributed by atoms with Crippen molar-refractivity contribution in [2.75, 3.05) is 0 Å². The third-order valence-electron chi connectivity index (χ3n) is 3.42. The van der Waals surface area contributed by atoms with E-state index in [1.807, 2.05) is 6.92 Å². The van der Waals surface area contributed by atoms with Crippen LogP contribution in [0.25, 0.3) is 0 Å². The minimum atomic E-state index is 0.243. The summed E-state index contributed by atoms with van der Waals surface area (Å²) in [4.78, 5) is 17.7. The SMILES string of the molecule is Cc1nc(CC2CCCCCC2=O)sc1C. The van der Waals surface area contributed by atoms with Gasteiger partial charge in [0, 0.05) is 23.6 Å². The molecule has 1 aromatic heterocycles. The van der Waals surface area contributed by atoms with Crippen LogP contribution in [0.3, 0.4) is 0 Å². The maximum atomic E-state index is 11.9. The van der Waals surface area contributed by atoms with Crippen molar-refractivity contribution in [1.29, 1.82) is 0 Å². The summed E-state index contributed by atoms with van der Waals surface area (Å²) in [6.07, 6.45) is 6.24. The van der Waals surface area contributed by atoms with Crippen molar-refractivity contribution in [2.24, 2.45) is 5.92 Å². The largest absolute Gasteiger partial charge is 0.299 e. The van der Waals surface area contributed by atoms with Gasteiger partial charge in [0.05, 0.1) is 10.7 Å². The second-order valence-corrected chi connectivity index (χ2v) is 6.00. The van der Waals surface area contributed by atoms with E-state index in [1.54, 1.807) is 11.3 Å². The zero-order valence-corrected chi connectivity index (χ0v) is 10.9. The van der Waals surface area contributed by atoms with Crippen LogP contribution >= 0.6 is 11.3 Å². The lowest BCUT2D eigenvalue weighted by Gasteiger charge is -2.10. The van der Waals surface area contributed by atoms with Crippen molar-refractivity contribution in [3.63, 3.8) is 0 Å². The molecular weight excluding hydrogens is 218 g/mol. The minimum absolute atomic E-state index is 0.243. The van der Waals surface area contributed by atoms with E-state index < -0.39 is 0 Å². The lowest BCUT2D eigenvalue weighted by molar-refractivity contribution is -0.122. The first kappa shape index (κ1) is 11.8. The maximum Gasteiger partial charge on any atom is 0.136 e. The predicted octanol–water partition coefficient (Wildman–Crippen LogP) is 3.45. The summed E-state index contributed by atoms with van der Waals surface area (Å²) in [6, 6.07) is 0. The highest BCUT2D eigenvalue weighted by Gasteiger charge is 2.22. The number of rotatable bonds is 2. The van der Waals surface area contributed by atoms with Crippen molar-refractivity contribution >= 4 is 17.1 Å². The van der Waals surface area contributed by atoms with Gasteiger partial charge in [-0.3, -0.25) is 4.79 Å². The van der Waals surface area contributed by atoms with E-state index in [1.165, 1.54) is 17.7 Å². The summed E-state index contributed by atoms with van der Waals surface area (Å²) in [5.41, 5.74) is 1.13. The van der Waals surface area contributed by atoms with E-state index in [-0.39, 0.29) is 5.92 Å². The van der Waals surface area contributed by atoms with Gasteiger partial charge in [-0.2, -0.15) is 0 Å². The molecule has 1 heterocycles. The van der Waals surface area contributed by atoms with Crippen LogP contribution in [0.4, 0.5) is 0 Å². The molecule has 0 aromatic carbocycles. The monoisotopic (exact) mass is 237 g/mol. The van der Waals surface area contributed by atoms with Gasteiger partial charge in [0.2, 0.25) is 0 Å². The Bertz CT molecular complexity index is 364. The van der Waals surface area contributed by atoms with Gasteiger partial charge in [-0.1, -0.05) is 12.8 Å². The fourth-order valence-electron chi connectivity index (χ4n) is 2.29. The van der Waals surface area contributed by atoms with E-state index >= 15 is 0 Å². The first-order valence-corrected chi connectivity index (χ1v) is 6.94. The molecule has 1 aliphatic rings. The van der Waals surface area contributed by atoms with Gasteiger partial charge in [-0.05, 0) is 26.7 Å². The Balaban J connectivity index is 2.04. The Hall–Kier alpha value is -0.700. The molecule has 1 aliphatic carbocycles. The van der Waals surface area contributed by atoms with E-state index in [9.17, 15) is 4.79 Å². The summed E-state index contributed by atoms with van der Waals surface area (Å²) >= 11 is 1.75. The average Bonchev–Trinajstić information content (AvgIpc) is 2.44. The molecule has 16 heavy (non-hydrogen) atoms. The highest BCUT2D eigenvalue weighted by Crippen LogP contribution is 2.26. The van der Waals surface area contributed by atoms with Crippen LogP contribution in [0.15, 0.2) is 0 Å². The van der Waals surface area contributed by atoms with Gasteiger partial charge in [0.1, 0.15) is 5.78 Å². The number of hydrogen-bond acceptors (Lipinski definition) is 3. The summed E-state index contributed by atoms with van der Waals surface area (Å²) in [6.45, 7) is 4.15. The third-order valence-corrected chi connectivity index (χ3v) is 4.52. The second-order valence-electron chi connectivity index (χ2n) is 4.72. The molecule has 0 bridgehead atoms. The van der Waals surface area contributed by atoms with Crippen molar-refractivity contribution in [2.45, 2.75) is 52.4 Å². The quantitative estimate of drug-likeness (QED) is 0.737. The number of aryl methyl sites for hydroxylation is 2. The molecule has 88 valence electrons. The number of aromatic nitrogens is 1.